The summed E-state index contributed by atoms with van der Waals surface area (Å²) in [6.45, 7) is 13.2. The Hall–Kier alpha value is -0.210. The van der Waals surface area contributed by atoms with Crippen LogP contribution in [-0.2, 0) is 73.4 Å². The van der Waals surface area contributed by atoms with Crippen molar-refractivity contribution in [2.24, 2.45) is 11.5 Å². The summed E-state index contributed by atoms with van der Waals surface area (Å²) in [7, 11) is -6.94. The number of hydrogen-bond donors (Lipinski definition) is 7. The Morgan fingerprint density at radius 1 is 0.358 bits per heavy atom. The zero-order chi connectivity index (χ0) is 79.7. The Morgan fingerprint density at radius 3 is 0.906 bits per heavy atom. The van der Waals surface area contributed by atoms with Crippen LogP contribution in [0.1, 0.15) is 342 Å². The SMILES string of the molecule is CCCCCCCCCCCCCCCCOCCCOP(=O)(OC)C(N)(CCCNC)P(=O)(O)O.CCCCCCCCCCCCCCCCOCCCOP(=O)(OC)C(N)(CCCNC)P(=O)(OC)OC.CCCCCCCCCCOCOCCCCCCCC[P+](=O)OC.CNCCCC#N. The molecule has 5 atom stereocenters. The topological polar surface area (TPSA) is 339 Å². The van der Waals surface area contributed by atoms with E-state index in [-0.39, 0.29) is 26.1 Å². The second kappa shape index (κ2) is 82.8. The number of nitrogens with two attached hydrogens (primary N) is 2. The highest BCUT2D eigenvalue weighted by molar-refractivity contribution is 7.74. The van der Waals surface area contributed by atoms with Gasteiger partial charge in [0.25, 0.3) is 0 Å². The van der Waals surface area contributed by atoms with Gasteiger partial charge in [-0.1, -0.05) is 252 Å². The van der Waals surface area contributed by atoms with Crippen molar-refractivity contribution in [2.45, 2.75) is 352 Å². The van der Waals surface area contributed by atoms with Gasteiger partial charge in [0.05, 0.1) is 26.4 Å². The van der Waals surface area contributed by atoms with Crippen LogP contribution in [-0.4, -0.2) is 162 Å². The van der Waals surface area contributed by atoms with Gasteiger partial charge in [0, 0.05) is 74.5 Å². The van der Waals surface area contributed by atoms with E-state index in [9.17, 15) is 32.6 Å². The fraction of sp³-hybridized carbons (Fsp3) is 0.987. The highest BCUT2D eigenvalue weighted by Gasteiger charge is 2.62. The summed E-state index contributed by atoms with van der Waals surface area (Å²) in [6.07, 6.45) is 58.5. The summed E-state index contributed by atoms with van der Waals surface area (Å²) >= 11 is 0. The average molecular weight is 1620 g/mol. The molecule has 0 aliphatic carbocycles. The zero-order valence-electron chi connectivity index (χ0n) is 69.8. The number of nitriles is 1. The summed E-state index contributed by atoms with van der Waals surface area (Å²) in [4.78, 5) is 19.5. The summed E-state index contributed by atoms with van der Waals surface area (Å²) < 4.78 is 122. The Kier molecular flexibility index (Phi) is 87.5. The minimum Gasteiger partial charge on any atom is -0.381 e. The van der Waals surface area contributed by atoms with Gasteiger partial charge in [0.15, 0.2) is 6.16 Å². The van der Waals surface area contributed by atoms with Crippen molar-refractivity contribution >= 4 is 38.4 Å². The number of unbranched alkanes of at least 4 members (excludes halogenated alkanes) is 39. The average Bonchev–Trinajstić information content (AvgIpc) is 0.755. The lowest BCUT2D eigenvalue weighted by Crippen LogP contribution is -2.42. The first-order chi connectivity index (χ1) is 51.2. The van der Waals surface area contributed by atoms with Crippen molar-refractivity contribution in [2.75, 3.05) is 142 Å². The molecule has 24 nitrogen and oxygen atoms in total. The summed E-state index contributed by atoms with van der Waals surface area (Å²) in [5.41, 5.74) is 12.4. The quantitative estimate of drug-likeness (QED) is 0.0169. The van der Waals surface area contributed by atoms with E-state index in [4.69, 9.17) is 67.3 Å². The Labute approximate surface area is 651 Å². The molecule has 0 saturated carbocycles. The first-order valence-electron chi connectivity index (χ1n) is 41.8. The lowest BCUT2D eigenvalue weighted by atomic mass is 10.0. The van der Waals surface area contributed by atoms with Gasteiger partial charge < -0.3 is 83.3 Å². The third-order valence-corrected chi connectivity index (χ3v) is 30.4. The van der Waals surface area contributed by atoms with Gasteiger partial charge >= 0.3 is 38.4 Å². The summed E-state index contributed by atoms with van der Waals surface area (Å²) in [5, 5.41) is 12.5. The lowest BCUT2D eigenvalue weighted by molar-refractivity contribution is -0.0556. The van der Waals surface area contributed by atoms with Crippen molar-refractivity contribution < 1.29 is 83.2 Å². The van der Waals surface area contributed by atoms with E-state index in [0.717, 1.165) is 78.2 Å². The highest BCUT2D eigenvalue weighted by atomic mass is 31.2. The molecule has 106 heavy (non-hydrogen) atoms. The zero-order valence-corrected chi connectivity index (χ0v) is 74.3. The molecule has 0 aromatic heterocycles. The lowest BCUT2D eigenvalue weighted by Gasteiger charge is -2.38. The maximum atomic E-state index is 13.6. The number of rotatable bonds is 80. The summed E-state index contributed by atoms with van der Waals surface area (Å²) in [5.74, 6) is 0. The molecule has 0 aromatic rings. The third kappa shape index (κ3) is 64.1. The van der Waals surface area contributed by atoms with Gasteiger partial charge in [-0.05, 0) is 129 Å². The molecule has 0 radical (unpaired) electrons. The molecule has 0 rings (SSSR count). The van der Waals surface area contributed by atoms with Crippen LogP contribution in [0, 0.1) is 11.3 Å². The first-order valence-corrected chi connectivity index (χ1v) is 49.4. The molecule has 0 heterocycles. The fourth-order valence-corrected chi connectivity index (χ4v) is 20.8. The number of ether oxygens (including phenoxy) is 4. The van der Waals surface area contributed by atoms with Crippen molar-refractivity contribution in [1.82, 2.24) is 16.0 Å². The van der Waals surface area contributed by atoms with E-state index in [1.54, 1.807) is 14.1 Å². The van der Waals surface area contributed by atoms with Crippen LogP contribution in [0.25, 0.3) is 0 Å². The number of hydrogen-bond acceptors (Lipinski definition) is 22. The standard InChI is InChI=1S/C27H60N2O7P2.C25H56N2O7P2.C20H42O4P.C5H10N2/c1-6-7-8-9-10-11-12-13-14-15-16-17-18-19-24-35-25-21-26-36-38(31,34-5)27(28,22-20-23-29-2)37(30,32-3)33-4;1-4-5-6-7-8-9-10-11-12-13-14-15-16-17-22-33-23-19-24-34-36(31,32-3)25(26,35(28,29)30)20-18-21-27-2;1-3-4-5-6-7-8-11-14-17-23-20-24-18-15-12-9-10-13-16-19-25(21)22-2;1-7-5-3-2-4-6/h29H,6-26,28H2,1-5H3;27H,4-24,26H2,1-3H3,(H2,28,29,30);3-20H2,1-2H3;7H,2-3,5H2,1H3/q;;+1;. The Bertz CT molecular complexity index is 2090. The Balaban J connectivity index is -0.000000715. The molecule has 5 unspecified atom stereocenters. The van der Waals surface area contributed by atoms with E-state index in [1.807, 2.05) is 7.05 Å². The molecule has 29 heteroatoms. The predicted octanol–water partition coefficient (Wildman–Crippen LogP) is 21.7. The van der Waals surface area contributed by atoms with Crippen LogP contribution in [0.3, 0.4) is 0 Å². The van der Waals surface area contributed by atoms with Crippen molar-refractivity contribution in [1.29, 1.82) is 5.26 Å². The maximum Gasteiger partial charge on any atom is 0.507 e. The van der Waals surface area contributed by atoms with Gasteiger partial charge in [-0.3, -0.25) is 18.3 Å². The minimum atomic E-state index is -4.96. The molecule has 0 aromatic carbocycles. The number of nitrogens with one attached hydrogen (secondary N) is 3. The molecule has 638 valence electrons. The van der Waals surface area contributed by atoms with Crippen LogP contribution in [0.4, 0.5) is 0 Å². The van der Waals surface area contributed by atoms with Gasteiger partial charge in [0.1, 0.15) is 6.79 Å². The summed E-state index contributed by atoms with van der Waals surface area (Å²) in [6, 6.07) is 2.06. The molecular weight excluding hydrogens is 1450 g/mol. The van der Waals surface area contributed by atoms with Crippen LogP contribution >= 0.6 is 38.4 Å². The molecule has 0 aliphatic heterocycles. The predicted molar refractivity (Wildman–Crippen MR) is 442 cm³/mol. The molecule has 0 aliphatic rings. The van der Waals surface area contributed by atoms with Crippen LogP contribution in [0.2, 0.25) is 0 Å². The molecule has 0 fully saturated rings. The molecule has 0 spiro atoms. The second-order valence-electron chi connectivity index (χ2n) is 27.9. The number of nitrogens with zero attached hydrogens (tertiary/aromatic N) is 1. The third-order valence-electron chi connectivity index (χ3n) is 18.6. The van der Waals surface area contributed by atoms with Crippen LogP contribution in [0.15, 0.2) is 0 Å². The van der Waals surface area contributed by atoms with Crippen molar-refractivity contribution in [3.63, 3.8) is 0 Å². The fourth-order valence-electron chi connectivity index (χ4n) is 11.7. The van der Waals surface area contributed by atoms with Crippen LogP contribution < -0.4 is 27.4 Å². The van der Waals surface area contributed by atoms with Crippen molar-refractivity contribution in [3.8, 4) is 6.07 Å². The maximum absolute atomic E-state index is 13.6. The molecule has 9 N–H and O–H groups in total. The smallest absolute Gasteiger partial charge is 0.381 e. The van der Waals surface area contributed by atoms with E-state index in [2.05, 4.69) is 42.8 Å². The van der Waals surface area contributed by atoms with Gasteiger partial charge in [-0.15, -0.1) is 4.52 Å². The van der Waals surface area contributed by atoms with E-state index < -0.39 is 48.5 Å². The van der Waals surface area contributed by atoms with E-state index in [0.29, 0.717) is 84.6 Å². The largest absolute Gasteiger partial charge is 0.507 e. The van der Waals surface area contributed by atoms with Gasteiger partial charge in [0.2, 0.25) is 10.0 Å². The highest BCUT2D eigenvalue weighted by Crippen LogP contribution is 2.76. The first kappa shape index (κ1) is 112. The van der Waals surface area contributed by atoms with E-state index >= 15 is 0 Å². The van der Waals surface area contributed by atoms with E-state index in [1.165, 1.54) is 253 Å². The minimum absolute atomic E-state index is 0.0190. The second-order valence-corrected chi connectivity index (χ2v) is 39.3. The molecule has 0 saturated heterocycles. The monoisotopic (exact) mass is 1620 g/mol. The van der Waals surface area contributed by atoms with Gasteiger partial charge in [-0.2, -0.15) is 5.26 Å². The normalized spacial score (nSPS) is 14.2. The van der Waals surface area contributed by atoms with Crippen molar-refractivity contribution in [3.05, 3.63) is 0 Å². The molecular formula is C77H168N6O18P5+. The Morgan fingerprint density at radius 2 is 0.623 bits per heavy atom. The van der Waals surface area contributed by atoms with Gasteiger partial charge in [-0.25, -0.2) is 0 Å². The van der Waals surface area contributed by atoms with Crippen LogP contribution in [0.5, 0.6) is 0 Å². The molecule has 0 amide bonds. The molecule has 0 bridgehead atoms.